The molecule has 1 atom stereocenters. The molecule has 0 bridgehead atoms. The van der Waals surface area contributed by atoms with Crippen LogP contribution < -0.4 is 5.32 Å². The van der Waals surface area contributed by atoms with Crippen molar-refractivity contribution in [3.63, 3.8) is 0 Å². The number of nitrogens with zero attached hydrogens (tertiary/aromatic N) is 3. The van der Waals surface area contributed by atoms with Crippen molar-refractivity contribution in [2.45, 2.75) is 13.0 Å². The minimum absolute atomic E-state index is 0.0163. The molecule has 1 aliphatic heterocycles. The molecule has 140 valence electrons. The van der Waals surface area contributed by atoms with Crippen molar-refractivity contribution in [3.8, 4) is 5.13 Å². The van der Waals surface area contributed by atoms with E-state index in [1.165, 1.54) is 11.3 Å². The Bertz CT molecular complexity index is 961. The summed E-state index contributed by atoms with van der Waals surface area (Å²) in [6.07, 6.45) is 3.88. The number of thiazole rings is 1. The standard InChI is InChI=1S/C19H20N4O2S2/c1-13(18(25)22-8-10-26-11-9-22)20-17(24)14-4-5-15-16(12-14)27-19(21-15)23-6-2-3-7-23/h2-7,12-13H,8-11H2,1H3,(H,20,24). The van der Waals surface area contributed by atoms with Gasteiger partial charge in [-0.1, -0.05) is 11.3 Å². The van der Waals surface area contributed by atoms with Gasteiger partial charge in [-0.15, -0.1) is 0 Å². The Labute approximate surface area is 165 Å². The number of amides is 2. The second kappa shape index (κ2) is 7.74. The lowest BCUT2D eigenvalue weighted by Crippen LogP contribution is -2.49. The van der Waals surface area contributed by atoms with Crippen molar-refractivity contribution < 1.29 is 9.59 Å². The van der Waals surface area contributed by atoms with Crippen LogP contribution >= 0.6 is 23.1 Å². The highest BCUT2D eigenvalue weighted by molar-refractivity contribution is 7.99. The van der Waals surface area contributed by atoms with Gasteiger partial charge >= 0.3 is 0 Å². The van der Waals surface area contributed by atoms with Crippen LogP contribution in [0.3, 0.4) is 0 Å². The van der Waals surface area contributed by atoms with Crippen LogP contribution in [0.15, 0.2) is 42.7 Å². The fraction of sp³-hybridized carbons (Fsp3) is 0.316. The molecule has 0 saturated carbocycles. The minimum atomic E-state index is -0.534. The van der Waals surface area contributed by atoms with E-state index >= 15 is 0 Å². The molecule has 1 aliphatic rings. The Morgan fingerprint density at radius 2 is 1.93 bits per heavy atom. The first-order valence-corrected chi connectivity index (χ1v) is 10.8. The van der Waals surface area contributed by atoms with Gasteiger partial charge in [0.1, 0.15) is 6.04 Å². The van der Waals surface area contributed by atoms with Crippen LogP contribution in [-0.4, -0.2) is 56.9 Å². The number of carbonyl (C=O) groups is 2. The lowest BCUT2D eigenvalue weighted by Gasteiger charge is -2.29. The fourth-order valence-corrected chi connectivity index (χ4v) is 4.90. The van der Waals surface area contributed by atoms with Crippen LogP contribution in [0.2, 0.25) is 0 Å². The third-order valence-electron chi connectivity index (χ3n) is 4.51. The molecular weight excluding hydrogens is 380 g/mol. The van der Waals surface area contributed by atoms with Gasteiger partial charge in [0.25, 0.3) is 5.91 Å². The number of rotatable bonds is 4. The molecule has 3 heterocycles. The molecule has 6 nitrogen and oxygen atoms in total. The Morgan fingerprint density at radius 3 is 2.67 bits per heavy atom. The van der Waals surface area contributed by atoms with Gasteiger partial charge in [-0.05, 0) is 37.3 Å². The lowest BCUT2D eigenvalue weighted by molar-refractivity contribution is -0.132. The van der Waals surface area contributed by atoms with E-state index in [0.29, 0.717) is 5.56 Å². The van der Waals surface area contributed by atoms with Crippen molar-refractivity contribution in [3.05, 3.63) is 48.3 Å². The van der Waals surface area contributed by atoms with Gasteiger partial charge in [-0.2, -0.15) is 11.8 Å². The number of hydrogen-bond acceptors (Lipinski definition) is 5. The van der Waals surface area contributed by atoms with Gasteiger partial charge in [-0.3, -0.25) is 9.59 Å². The average Bonchev–Trinajstić information content (AvgIpc) is 3.36. The maximum Gasteiger partial charge on any atom is 0.251 e. The van der Waals surface area contributed by atoms with E-state index < -0.39 is 6.04 Å². The highest BCUT2D eigenvalue weighted by atomic mass is 32.2. The van der Waals surface area contributed by atoms with Crippen LogP contribution in [0.25, 0.3) is 15.3 Å². The molecule has 0 aliphatic carbocycles. The quantitative estimate of drug-likeness (QED) is 0.731. The van der Waals surface area contributed by atoms with Crippen molar-refractivity contribution >= 4 is 45.1 Å². The SMILES string of the molecule is CC(NC(=O)c1ccc2nc(-n3cccc3)sc2c1)C(=O)N1CCSCC1. The van der Waals surface area contributed by atoms with Crippen LogP contribution in [0.4, 0.5) is 0 Å². The number of aromatic nitrogens is 2. The third-order valence-corrected chi connectivity index (χ3v) is 6.48. The molecule has 0 radical (unpaired) electrons. The Morgan fingerprint density at radius 1 is 1.19 bits per heavy atom. The monoisotopic (exact) mass is 400 g/mol. The minimum Gasteiger partial charge on any atom is -0.341 e. The molecule has 1 N–H and O–H groups in total. The maximum absolute atomic E-state index is 12.6. The first kappa shape index (κ1) is 18.1. The summed E-state index contributed by atoms with van der Waals surface area (Å²) in [6.45, 7) is 3.24. The van der Waals surface area contributed by atoms with E-state index in [0.717, 1.165) is 39.9 Å². The summed E-state index contributed by atoms with van der Waals surface area (Å²) in [5.74, 6) is 1.66. The molecule has 27 heavy (non-hydrogen) atoms. The van der Waals surface area contributed by atoms with E-state index in [9.17, 15) is 9.59 Å². The van der Waals surface area contributed by atoms with E-state index in [4.69, 9.17) is 0 Å². The van der Waals surface area contributed by atoms with Crippen LogP contribution in [0, 0.1) is 0 Å². The Balaban J connectivity index is 1.48. The van der Waals surface area contributed by atoms with Crippen molar-refractivity contribution in [1.82, 2.24) is 19.8 Å². The Hall–Kier alpha value is -2.32. The van der Waals surface area contributed by atoms with Gasteiger partial charge in [0.05, 0.1) is 10.2 Å². The Kier molecular flexibility index (Phi) is 5.18. The number of benzene rings is 1. The summed E-state index contributed by atoms with van der Waals surface area (Å²) < 4.78 is 2.89. The van der Waals surface area contributed by atoms with E-state index in [1.54, 1.807) is 13.0 Å². The van der Waals surface area contributed by atoms with Gasteiger partial charge in [0, 0.05) is 42.6 Å². The van der Waals surface area contributed by atoms with Gasteiger partial charge < -0.3 is 14.8 Å². The molecule has 0 spiro atoms. The van der Waals surface area contributed by atoms with Crippen molar-refractivity contribution in [2.24, 2.45) is 0 Å². The zero-order valence-corrected chi connectivity index (χ0v) is 16.6. The smallest absolute Gasteiger partial charge is 0.251 e. The van der Waals surface area contributed by atoms with Crippen LogP contribution in [0.1, 0.15) is 17.3 Å². The van der Waals surface area contributed by atoms with Crippen LogP contribution in [0.5, 0.6) is 0 Å². The molecule has 1 fully saturated rings. The second-order valence-corrected chi connectivity index (χ2v) is 8.64. The fourth-order valence-electron chi connectivity index (χ4n) is 3.03. The molecule has 2 amide bonds. The molecule has 4 rings (SSSR count). The number of fused-ring (bicyclic) bond motifs is 1. The van der Waals surface area contributed by atoms with Gasteiger partial charge in [0.15, 0.2) is 5.13 Å². The normalized spacial score (nSPS) is 15.7. The third kappa shape index (κ3) is 3.86. The number of hydrogen-bond donors (Lipinski definition) is 1. The molecule has 3 aromatic rings. The summed E-state index contributed by atoms with van der Waals surface area (Å²) in [6, 6.07) is 8.81. The van der Waals surface area contributed by atoms with Crippen molar-refractivity contribution in [2.75, 3.05) is 24.6 Å². The first-order valence-electron chi connectivity index (χ1n) is 8.83. The summed E-state index contributed by atoms with van der Waals surface area (Å²) in [5.41, 5.74) is 1.40. The largest absolute Gasteiger partial charge is 0.341 e. The van der Waals surface area contributed by atoms with E-state index in [1.807, 2.05) is 57.9 Å². The number of nitrogens with one attached hydrogen (secondary N) is 1. The summed E-state index contributed by atoms with van der Waals surface area (Å²) >= 11 is 3.38. The number of carbonyl (C=O) groups excluding carboxylic acids is 2. The highest BCUT2D eigenvalue weighted by Gasteiger charge is 2.24. The average molecular weight is 401 g/mol. The summed E-state index contributed by atoms with van der Waals surface area (Å²) in [5, 5.41) is 3.69. The van der Waals surface area contributed by atoms with Gasteiger partial charge in [-0.25, -0.2) is 4.98 Å². The lowest BCUT2D eigenvalue weighted by atomic mass is 10.2. The predicted octanol–water partition coefficient (Wildman–Crippen LogP) is 2.78. The number of thioether (sulfide) groups is 1. The maximum atomic E-state index is 12.6. The molecule has 2 aromatic heterocycles. The van der Waals surface area contributed by atoms with Gasteiger partial charge in [0.2, 0.25) is 5.91 Å². The molecular formula is C19H20N4O2S2. The topological polar surface area (TPSA) is 67.2 Å². The summed E-state index contributed by atoms with van der Waals surface area (Å²) in [7, 11) is 0. The molecule has 1 saturated heterocycles. The highest BCUT2D eigenvalue weighted by Crippen LogP contribution is 2.26. The zero-order valence-electron chi connectivity index (χ0n) is 14.9. The molecule has 1 aromatic carbocycles. The molecule has 1 unspecified atom stereocenters. The predicted molar refractivity (Wildman–Crippen MR) is 110 cm³/mol. The summed E-state index contributed by atoms with van der Waals surface area (Å²) in [4.78, 5) is 31.5. The van der Waals surface area contributed by atoms with E-state index in [-0.39, 0.29) is 11.8 Å². The zero-order chi connectivity index (χ0) is 18.8. The molecule has 8 heteroatoms. The van der Waals surface area contributed by atoms with E-state index in [2.05, 4.69) is 10.3 Å². The van der Waals surface area contributed by atoms with Crippen LogP contribution in [-0.2, 0) is 4.79 Å². The first-order chi connectivity index (χ1) is 13.1. The van der Waals surface area contributed by atoms with Crippen molar-refractivity contribution in [1.29, 1.82) is 0 Å². The second-order valence-electron chi connectivity index (χ2n) is 6.40.